The first-order valence-corrected chi connectivity index (χ1v) is 11.8. The number of hydrogen-bond donors (Lipinski definition) is 0. The molecule has 33 heavy (non-hydrogen) atoms. The number of methoxy groups -OCH3 is 1. The first kappa shape index (κ1) is 23.5. The van der Waals surface area contributed by atoms with Crippen LogP contribution < -0.4 is 4.74 Å². The third-order valence-corrected chi connectivity index (χ3v) is 6.61. The van der Waals surface area contributed by atoms with Gasteiger partial charge < -0.3 is 19.3 Å². The quantitative estimate of drug-likeness (QED) is 0.614. The topological polar surface area (TPSA) is 72.0 Å². The minimum Gasteiger partial charge on any atom is -0.496 e. The van der Waals surface area contributed by atoms with Crippen molar-refractivity contribution in [3.8, 4) is 5.75 Å². The normalized spacial score (nSPS) is 18.8. The highest BCUT2D eigenvalue weighted by Gasteiger charge is 2.33. The van der Waals surface area contributed by atoms with Crippen LogP contribution in [0.3, 0.4) is 0 Å². The Morgan fingerprint density at radius 3 is 2.73 bits per heavy atom. The second kappa shape index (κ2) is 11.0. The largest absolute Gasteiger partial charge is 0.496 e. The average Bonchev–Trinajstić information content (AvgIpc) is 3.37. The van der Waals surface area contributed by atoms with E-state index in [2.05, 4.69) is 4.98 Å². The first-order valence-electron chi connectivity index (χ1n) is 11.5. The summed E-state index contributed by atoms with van der Waals surface area (Å²) in [5.41, 5.74) is 1.45. The molecular weight excluding hydrogens is 442 g/mol. The Hall–Kier alpha value is -2.64. The van der Waals surface area contributed by atoms with Crippen molar-refractivity contribution in [2.45, 2.75) is 38.3 Å². The smallest absolute Gasteiger partial charge is 0.257 e. The molecule has 2 aliphatic rings. The Kier molecular flexibility index (Phi) is 7.83. The molecular formula is C25H30ClN3O4. The summed E-state index contributed by atoms with van der Waals surface area (Å²) < 4.78 is 11.1. The van der Waals surface area contributed by atoms with Crippen LogP contribution in [-0.4, -0.2) is 66.1 Å². The monoisotopic (exact) mass is 471 g/mol. The predicted molar refractivity (Wildman–Crippen MR) is 125 cm³/mol. The molecule has 2 amide bonds. The zero-order valence-electron chi connectivity index (χ0n) is 18.9. The van der Waals surface area contributed by atoms with E-state index in [1.807, 2.05) is 17.0 Å². The summed E-state index contributed by atoms with van der Waals surface area (Å²) in [5, 5.41) is 0.490. The lowest BCUT2D eigenvalue weighted by Gasteiger charge is -2.35. The number of pyridine rings is 1. The van der Waals surface area contributed by atoms with Gasteiger partial charge in [0, 0.05) is 56.1 Å². The van der Waals surface area contributed by atoms with Gasteiger partial charge in [0.05, 0.1) is 18.8 Å². The van der Waals surface area contributed by atoms with Crippen LogP contribution in [0.25, 0.3) is 0 Å². The summed E-state index contributed by atoms with van der Waals surface area (Å²) in [6.45, 7) is 2.90. The Bertz CT molecular complexity index is 957. The maximum absolute atomic E-state index is 13.5. The molecule has 176 valence electrons. The maximum Gasteiger partial charge on any atom is 0.257 e. The van der Waals surface area contributed by atoms with Crippen LogP contribution in [-0.2, 0) is 16.1 Å². The van der Waals surface area contributed by atoms with Gasteiger partial charge in [-0.15, -0.1) is 0 Å². The zero-order valence-corrected chi connectivity index (χ0v) is 19.7. The first-order chi connectivity index (χ1) is 16.0. The standard InChI is InChI=1S/C25H30ClN3O4/c1-32-23-7-6-20(26)14-22(23)25(31)28-11-8-19(9-12-28)24(30)29(17-21-5-3-13-33-21)16-18-4-2-10-27-15-18/h2,4,6-7,10,14-15,19,21H,3,5,8-9,11-13,16-17H2,1H3. The number of halogens is 1. The molecule has 1 aromatic carbocycles. The van der Waals surface area contributed by atoms with Crippen LogP contribution in [0.15, 0.2) is 42.7 Å². The van der Waals surface area contributed by atoms with E-state index in [9.17, 15) is 9.59 Å². The van der Waals surface area contributed by atoms with Gasteiger partial charge in [-0.05, 0) is 55.5 Å². The van der Waals surface area contributed by atoms with Crippen LogP contribution in [0, 0.1) is 5.92 Å². The molecule has 2 saturated heterocycles. The number of benzene rings is 1. The molecule has 0 aliphatic carbocycles. The fourth-order valence-electron chi connectivity index (χ4n) is 4.58. The van der Waals surface area contributed by atoms with E-state index in [0.717, 1.165) is 25.0 Å². The Labute approximate surface area is 199 Å². The van der Waals surface area contributed by atoms with Crippen molar-refractivity contribution >= 4 is 23.4 Å². The zero-order chi connectivity index (χ0) is 23.2. The number of ether oxygens (including phenoxy) is 2. The molecule has 2 aliphatic heterocycles. The van der Waals surface area contributed by atoms with Crippen molar-refractivity contribution in [3.05, 3.63) is 58.9 Å². The Morgan fingerprint density at radius 2 is 2.06 bits per heavy atom. The number of aromatic nitrogens is 1. The molecule has 2 aromatic rings. The molecule has 0 saturated carbocycles. The maximum atomic E-state index is 13.5. The predicted octanol–water partition coefficient (Wildman–Crippen LogP) is 3.80. The molecule has 4 rings (SSSR count). The van der Waals surface area contributed by atoms with Crippen molar-refractivity contribution < 1.29 is 19.1 Å². The minimum absolute atomic E-state index is 0.0857. The van der Waals surface area contributed by atoms with Crippen LogP contribution >= 0.6 is 11.6 Å². The molecule has 0 radical (unpaired) electrons. The number of amides is 2. The van der Waals surface area contributed by atoms with Crippen molar-refractivity contribution in [2.75, 3.05) is 33.4 Å². The average molecular weight is 472 g/mol. The third kappa shape index (κ3) is 5.84. The Morgan fingerprint density at radius 1 is 1.24 bits per heavy atom. The SMILES string of the molecule is COc1ccc(Cl)cc1C(=O)N1CCC(C(=O)N(Cc2cccnc2)CC2CCCO2)CC1. The van der Waals surface area contributed by atoms with Gasteiger partial charge in [0.25, 0.3) is 5.91 Å². The molecule has 7 nitrogen and oxygen atoms in total. The van der Waals surface area contributed by atoms with E-state index < -0.39 is 0 Å². The van der Waals surface area contributed by atoms with Crippen LogP contribution in [0.2, 0.25) is 5.02 Å². The molecule has 1 unspecified atom stereocenters. The summed E-state index contributed by atoms with van der Waals surface area (Å²) in [6.07, 6.45) is 6.89. The fraction of sp³-hybridized carbons (Fsp3) is 0.480. The van der Waals surface area contributed by atoms with E-state index in [0.29, 0.717) is 55.4 Å². The second-order valence-corrected chi connectivity index (χ2v) is 9.06. The molecule has 0 spiro atoms. The molecule has 1 atom stereocenters. The van der Waals surface area contributed by atoms with E-state index in [-0.39, 0.29) is 23.8 Å². The second-order valence-electron chi connectivity index (χ2n) is 8.63. The number of piperidine rings is 1. The highest BCUT2D eigenvalue weighted by Crippen LogP contribution is 2.28. The van der Waals surface area contributed by atoms with Crippen molar-refractivity contribution in [2.24, 2.45) is 5.92 Å². The van der Waals surface area contributed by atoms with Gasteiger partial charge in [-0.25, -0.2) is 0 Å². The summed E-state index contributed by atoms with van der Waals surface area (Å²) in [7, 11) is 1.54. The van der Waals surface area contributed by atoms with Crippen molar-refractivity contribution in [1.82, 2.24) is 14.8 Å². The molecule has 0 bridgehead atoms. The van der Waals surface area contributed by atoms with Gasteiger partial charge in [-0.2, -0.15) is 0 Å². The number of likely N-dealkylation sites (tertiary alicyclic amines) is 1. The van der Waals surface area contributed by atoms with Gasteiger partial charge in [0.15, 0.2) is 0 Å². The van der Waals surface area contributed by atoms with Gasteiger partial charge in [-0.3, -0.25) is 14.6 Å². The molecule has 8 heteroatoms. The van der Waals surface area contributed by atoms with Gasteiger partial charge in [0.1, 0.15) is 5.75 Å². The van der Waals surface area contributed by atoms with Crippen LogP contribution in [0.1, 0.15) is 41.6 Å². The van der Waals surface area contributed by atoms with E-state index in [4.69, 9.17) is 21.1 Å². The number of carbonyl (C=O) groups excluding carboxylic acids is 2. The number of hydrogen-bond acceptors (Lipinski definition) is 5. The third-order valence-electron chi connectivity index (χ3n) is 6.38. The molecule has 2 fully saturated rings. The fourth-order valence-corrected chi connectivity index (χ4v) is 4.76. The van der Waals surface area contributed by atoms with Gasteiger partial charge in [-0.1, -0.05) is 17.7 Å². The number of carbonyl (C=O) groups is 2. The summed E-state index contributed by atoms with van der Waals surface area (Å²) in [6, 6.07) is 8.91. The van der Waals surface area contributed by atoms with E-state index in [1.165, 1.54) is 7.11 Å². The van der Waals surface area contributed by atoms with Crippen molar-refractivity contribution in [1.29, 1.82) is 0 Å². The lowest BCUT2D eigenvalue weighted by molar-refractivity contribution is -0.139. The number of nitrogens with zero attached hydrogens (tertiary/aromatic N) is 3. The summed E-state index contributed by atoms with van der Waals surface area (Å²) in [5.74, 6) is 0.392. The van der Waals surface area contributed by atoms with E-state index in [1.54, 1.807) is 35.5 Å². The minimum atomic E-state index is -0.119. The summed E-state index contributed by atoms with van der Waals surface area (Å²) in [4.78, 5) is 34.5. The highest BCUT2D eigenvalue weighted by atomic mass is 35.5. The molecule has 0 N–H and O–H groups in total. The Balaban J connectivity index is 1.40. The summed E-state index contributed by atoms with van der Waals surface area (Å²) >= 11 is 6.10. The van der Waals surface area contributed by atoms with Gasteiger partial charge >= 0.3 is 0 Å². The van der Waals surface area contributed by atoms with Crippen molar-refractivity contribution in [3.63, 3.8) is 0 Å². The van der Waals surface area contributed by atoms with Crippen LogP contribution in [0.5, 0.6) is 5.75 Å². The highest BCUT2D eigenvalue weighted by molar-refractivity contribution is 6.31. The molecule has 1 aromatic heterocycles. The van der Waals surface area contributed by atoms with Crippen LogP contribution in [0.4, 0.5) is 0 Å². The lowest BCUT2D eigenvalue weighted by atomic mass is 9.94. The van der Waals surface area contributed by atoms with E-state index >= 15 is 0 Å². The number of rotatable bonds is 7. The van der Waals surface area contributed by atoms with Gasteiger partial charge in [0.2, 0.25) is 5.91 Å². The molecule has 3 heterocycles. The lowest BCUT2D eigenvalue weighted by Crippen LogP contribution is -2.46.